The van der Waals surface area contributed by atoms with Gasteiger partial charge in [0.1, 0.15) is 5.02 Å². The largest absolute Gasteiger partial charge is 0.458 e. The molecule has 0 spiro atoms. The van der Waals surface area contributed by atoms with E-state index in [1.165, 1.54) is 11.1 Å². The van der Waals surface area contributed by atoms with E-state index >= 15 is 0 Å². The highest BCUT2D eigenvalue weighted by Crippen LogP contribution is 2.30. The maximum Gasteiger partial charge on any atom is 0.458 e. The highest BCUT2D eigenvalue weighted by atomic mass is 35.5. The summed E-state index contributed by atoms with van der Waals surface area (Å²) >= 11 is 6.42. The normalized spacial score (nSPS) is 14.9. The van der Waals surface area contributed by atoms with Crippen LogP contribution in [-0.4, -0.2) is 95.6 Å². The molecule has 6 bridgehead atoms. The van der Waals surface area contributed by atoms with Crippen molar-refractivity contribution in [3.63, 3.8) is 0 Å². The number of carbonyl (C=O) groups excluding carboxylic acids is 3. The van der Waals surface area contributed by atoms with Crippen molar-refractivity contribution in [1.82, 2.24) is 24.2 Å². The fourth-order valence-electron chi connectivity index (χ4n) is 5.97. The van der Waals surface area contributed by atoms with E-state index in [0.29, 0.717) is 40.7 Å². The molecule has 1 fully saturated rings. The van der Waals surface area contributed by atoms with Gasteiger partial charge in [-0.2, -0.15) is 48.8 Å². The van der Waals surface area contributed by atoms with Crippen molar-refractivity contribution in [3.8, 4) is 0 Å². The fraction of sp³-hybridized carbons (Fsp3) is 0.351. The van der Waals surface area contributed by atoms with Crippen molar-refractivity contribution >= 4 is 62.6 Å². The number of benzene rings is 2. The Morgan fingerprint density at radius 1 is 0.867 bits per heavy atom. The summed E-state index contributed by atoms with van der Waals surface area (Å²) in [5.41, 5.74) is 5.38. The number of hydrogen-bond donors (Lipinski definition) is 2. The second-order valence-corrected chi connectivity index (χ2v) is 15.7. The predicted octanol–water partition coefficient (Wildman–Crippen LogP) is 7.64. The average molecular weight is 896 g/mol. The Bertz CT molecular complexity index is 2220. The van der Waals surface area contributed by atoms with Crippen LogP contribution in [0.3, 0.4) is 0 Å². The number of piperidine rings is 1. The third-order valence-electron chi connectivity index (χ3n) is 8.77. The van der Waals surface area contributed by atoms with E-state index in [1.807, 2.05) is 12.3 Å². The van der Waals surface area contributed by atoms with E-state index < -0.39 is 46.4 Å². The lowest BCUT2D eigenvalue weighted by Gasteiger charge is -2.33. The van der Waals surface area contributed by atoms with Crippen LogP contribution in [0.2, 0.25) is 5.02 Å². The van der Waals surface area contributed by atoms with Crippen molar-refractivity contribution < 1.29 is 62.3 Å². The molecule has 23 heteroatoms. The number of Topliss-reactive ketones (excluding diaryl/α,β-unsaturated/α-hetero) is 2. The van der Waals surface area contributed by atoms with Crippen LogP contribution in [0.25, 0.3) is 0 Å². The molecule has 0 aliphatic carbocycles. The van der Waals surface area contributed by atoms with Crippen LogP contribution in [0.15, 0.2) is 78.1 Å². The molecule has 2 aliphatic heterocycles. The Morgan fingerprint density at radius 3 is 2.07 bits per heavy atom. The van der Waals surface area contributed by atoms with Crippen LogP contribution in [-0.2, 0) is 43.8 Å². The summed E-state index contributed by atoms with van der Waals surface area (Å²) in [6.07, 6.45) is -8.59. The van der Waals surface area contributed by atoms with Crippen LogP contribution in [0.5, 0.6) is 0 Å². The first-order valence-electron chi connectivity index (χ1n) is 17.6. The highest BCUT2D eigenvalue weighted by molar-refractivity contribution is 7.89. The SMILES string of the molecule is CN(Cc1ccc2cc1CCc1cncc(c1)Nc1ncc(Cl)c(n1)N2)CC1CCN(S(=O)(=O)c2ccccc2)CC1.O=C(C(=O)C(F)(F)F)C(F)(F)F.O=CC(F)(F)F. The number of aldehydes is 1. The predicted molar refractivity (Wildman–Crippen MR) is 200 cm³/mol. The number of halogens is 10. The lowest BCUT2D eigenvalue weighted by atomic mass is 9.96. The van der Waals surface area contributed by atoms with Crippen LogP contribution in [0.4, 0.5) is 62.7 Å². The molecule has 0 atom stereocenters. The number of rotatable bonds is 7. The minimum absolute atomic E-state index is 0.369. The molecule has 12 nitrogen and oxygen atoms in total. The Hall–Kier alpha value is -5.19. The van der Waals surface area contributed by atoms with E-state index in [9.17, 15) is 57.5 Å². The molecule has 2 N–H and O–H groups in total. The lowest BCUT2D eigenvalue weighted by Crippen LogP contribution is -2.41. The van der Waals surface area contributed by atoms with Crippen molar-refractivity contribution in [2.75, 3.05) is 37.3 Å². The minimum Gasteiger partial charge on any atom is -0.339 e. The fourth-order valence-corrected chi connectivity index (χ4v) is 7.60. The summed E-state index contributed by atoms with van der Waals surface area (Å²) in [5.74, 6) is -5.39. The smallest absolute Gasteiger partial charge is 0.339 e. The first-order valence-corrected chi connectivity index (χ1v) is 19.4. The second-order valence-electron chi connectivity index (χ2n) is 13.4. The van der Waals surface area contributed by atoms with Gasteiger partial charge in [-0.1, -0.05) is 35.9 Å². The molecule has 0 radical (unpaired) electrons. The summed E-state index contributed by atoms with van der Waals surface area (Å²) in [4.78, 5) is 44.0. The van der Waals surface area contributed by atoms with Crippen LogP contribution >= 0.6 is 11.6 Å². The van der Waals surface area contributed by atoms with Gasteiger partial charge < -0.3 is 15.5 Å². The van der Waals surface area contributed by atoms with Crippen LogP contribution < -0.4 is 10.6 Å². The molecule has 1 saturated heterocycles. The third-order valence-corrected chi connectivity index (χ3v) is 11.0. The van der Waals surface area contributed by atoms with Crippen LogP contribution in [0.1, 0.15) is 29.5 Å². The van der Waals surface area contributed by atoms with Crippen molar-refractivity contribution in [1.29, 1.82) is 0 Å². The summed E-state index contributed by atoms with van der Waals surface area (Å²) in [6, 6.07) is 17.2. The summed E-state index contributed by atoms with van der Waals surface area (Å²) in [6.45, 7) is 2.82. The number of alkyl halides is 9. The molecule has 60 heavy (non-hydrogen) atoms. The van der Waals surface area contributed by atoms with Gasteiger partial charge in [0.05, 0.1) is 23.0 Å². The number of fused-ring (bicyclic) bond motifs is 6. The van der Waals surface area contributed by atoms with Gasteiger partial charge in [-0.3, -0.25) is 19.4 Å². The van der Waals surface area contributed by atoms with Gasteiger partial charge in [-0.25, -0.2) is 13.4 Å². The summed E-state index contributed by atoms with van der Waals surface area (Å²) in [5, 5.41) is 7.03. The Labute approximate surface area is 342 Å². The second kappa shape index (κ2) is 19.9. The third kappa shape index (κ3) is 13.9. The zero-order chi connectivity index (χ0) is 44.5. The first kappa shape index (κ1) is 47.5. The van der Waals surface area contributed by atoms with Crippen molar-refractivity contribution in [3.05, 3.63) is 94.9 Å². The van der Waals surface area contributed by atoms with Gasteiger partial charge in [0.2, 0.25) is 22.3 Å². The van der Waals surface area contributed by atoms with E-state index in [1.54, 1.807) is 41.0 Å². The molecule has 0 saturated carbocycles. The van der Waals surface area contributed by atoms with Gasteiger partial charge in [-0.15, -0.1) is 0 Å². The number of carbonyl (C=O) groups is 3. The van der Waals surface area contributed by atoms with Gasteiger partial charge in [0.25, 0.3) is 0 Å². The number of ketones is 2. The van der Waals surface area contributed by atoms with Crippen molar-refractivity contribution in [2.45, 2.75) is 55.7 Å². The van der Waals surface area contributed by atoms with E-state index in [-0.39, 0.29) is 0 Å². The molecule has 324 valence electrons. The maximum absolute atomic E-state index is 13.0. The summed E-state index contributed by atoms with van der Waals surface area (Å²) in [7, 11) is -1.29. The van der Waals surface area contributed by atoms with Gasteiger partial charge >= 0.3 is 30.1 Å². The summed E-state index contributed by atoms with van der Waals surface area (Å²) < 4.78 is 126. The molecule has 4 aromatic rings. The van der Waals surface area contributed by atoms with Crippen LogP contribution in [0, 0.1) is 5.92 Å². The molecule has 6 rings (SSSR count). The van der Waals surface area contributed by atoms with E-state index in [2.05, 4.69) is 61.8 Å². The lowest BCUT2D eigenvalue weighted by molar-refractivity contribution is -0.193. The number of pyridine rings is 1. The van der Waals surface area contributed by atoms with E-state index in [0.717, 1.165) is 55.7 Å². The Morgan fingerprint density at radius 2 is 1.48 bits per heavy atom. The number of hydrogen-bond acceptors (Lipinski definition) is 11. The molecular weight excluding hydrogens is 861 g/mol. The van der Waals surface area contributed by atoms with Crippen molar-refractivity contribution in [2.24, 2.45) is 5.92 Å². The molecule has 0 unspecified atom stereocenters. The van der Waals surface area contributed by atoms with Gasteiger partial charge in [0.15, 0.2) is 5.82 Å². The Kier molecular flexibility index (Phi) is 15.8. The Balaban J connectivity index is 0.000000370. The standard InChI is InChI=1S/C31H34ClN7O2S.C4F6O2.C2HF3O/c1-38(20-22-11-13-39(14-12-22)42(40,41)28-5-3-2-4-6-28)21-25-9-10-26-16-24(25)8-7-23-15-27(18-33-17-23)36-31-34-19-29(32)30(35-26)37-31;5-3(6,7)1(11)2(12)4(8,9)10;3-2(4,5)1-6/h2-6,9-10,15-19,22H,7-8,11-14,20-21H2,1H3,(H2,34,35,36,37);;1H. The number of nitrogens with one attached hydrogen (secondary N) is 2. The highest BCUT2D eigenvalue weighted by Gasteiger charge is 2.54. The molecule has 2 aliphatic rings. The minimum atomic E-state index is -5.77. The molecule has 2 aromatic heterocycles. The average Bonchev–Trinajstić information content (AvgIpc) is 3.19. The quantitative estimate of drug-likeness (QED) is 0.107. The monoisotopic (exact) mass is 895 g/mol. The zero-order valence-corrected chi connectivity index (χ0v) is 32.8. The zero-order valence-electron chi connectivity index (χ0n) is 31.2. The number of sulfonamides is 1. The molecule has 0 amide bonds. The number of aryl methyl sites for hydroxylation is 2. The topological polar surface area (TPSA) is 155 Å². The maximum atomic E-state index is 13.0. The number of aromatic nitrogens is 3. The first-order chi connectivity index (χ1) is 28.0. The van der Waals surface area contributed by atoms with Gasteiger partial charge in [-0.05, 0) is 85.7 Å². The molecule has 2 aromatic carbocycles. The molecule has 4 heterocycles. The number of nitrogens with zero attached hydrogens (tertiary/aromatic N) is 5. The van der Waals surface area contributed by atoms with E-state index in [4.69, 9.17) is 16.4 Å². The van der Waals surface area contributed by atoms with Gasteiger partial charge in [0, 0.05) is 38.1 Å². The molecular formula is C37H35ClF9N7O5S. The number of anilines is 4.